The second-order valence-corrected chi connectivity index (χ2v) is 13.9. The minimum Gasteiger partial charge on any atom is -0.289 e. The Morgan fingerprint density at radius 3 is 1.72 bits per heavy atom. The SMILES string of the molecule is [C-]#[N+]C(C)=C1/C(=C/c2cc3c(s2)-c2sc(C=C4C(=O)c5ccccc5C4=O)cc2C32CCCCC2)C(=O)c2ccccc21. The summed E-state index contributed by atoms with van der Waals surface area (Å²) in [6.45, 7) is 9.45. The molecule has 4 aromatic rings. The molecule has 4 aliphatic carbocycles. The lowest BCUT2D eigenvalue weighted by molar-refractivity contribution is 0.0988. The van der Waals surface area contributed by atoms with Gasteiger partial charge < -0.3 is 0 Å². The smallest absolute Gasteiger partial charge is 0.197 e. The van der Waals surface area contributed by atoms with Gasteiger partial charge in [0.1, 0.15) is 0 Å². The van der Waals surface area contributed by atoms with E-state index in [0.717, 1.165) is 46.6 Å². The Kier molecular flexibility index (Phi) is 5.81. The second-order valence-electron chi connectivity index (χ2n) is 11.7. The van der Waals surface area contributed by atoms with Crippen LogP contribution in [-0.2, 0) is 5.41 Å². The molecule has 1 fully saturated rings. The van der Waals surface area contributed by atoms with Crippen LogP contribution in [0.15, 0.2) is 77.5 Å². The molecular formula is C37H25NO3S2. The number of ketones is 3. The molecule has 0 aliphatic heterocycles. The number of Topliss-reactive ketones (excluding diaryl/α,β-unsaturated/α-hetero) is 3. The number of fused-ring (bicyclic) bond motifs is 7. The summed E-state index contributed by atoms with van der Waals surface area (Å²) in [5.41, 5.74) is 7.07. The maximum Gasteiger partial charge on any atom is 0.197 e. The van der Waals surface area contributed by atoms with Crippen molar-refractivity contribution in [3.8, 4) is 9.75 Å². The van der Waals surface area contributed by atoms with Crippen molar-refractivity contribution in [2.45, 2.75) is 44.4 Å². The van der Waals surface area contributed by atoms with Crippen molar-refractivity contribution in [1.29, 1.82) is 0 Å². The van der Waals surface area contributed by atoms with E-state index in [-0.39, 0.29) is 28.3 Å². The van der Waals surface area contributed by atoms with E-state index in [2.05, 4.69) is 17.0 Å². The van der Waals surface area contributed by atoms with Crippen molar-refractivity contribution in [2.24, 2.45) is 0 Å². The summed E-state index contributed by atoms with van der Waals surface area (Å²) in [4.78, 5) is 47.8. The van der Waals surface area contributed by atoms with Crippen LogP contribution in [-0.4, -0.2) is 17.3 Å². The third kappa shape index (κ3) is 3.68. The molecule has 4 aliphatic rings. The summed E-state index contributed by atoms with van der Waals surface area (Å²) in [6.07, 6.45) is 9.40. The summed E-state index contributed by atoms with van der Waals surface area (Å²) in [5.74, 6) is -0.437. The number of benzene rings is 2. The van der Waals surface area contributed by atoms with Gasteiger partial charge in [0.05, 0.1) is 12.1 Å². The summed E-state index contributed by atoms with van der Waals surface area (Å²) < 4.78 is 0. The summed E-state index contributed by atoms with van der Waals surface area (Å²) in [7, 11) is 0. The minimum absolute atomic E-state index is 0.0350. The van der Waals surface area contributed by atoms with Gasteiger partial charge in [-0.3, -0.25) is 14.4 Å². The molecule has 1 saturated carbocycles. The van der Waals surface area contributed by atoms with Crippen LogP contribution in [0.2, 0.25) is 0 Å². The van der Waals surface area contributed by atoms with E-state index in [1.165, 1.54) is 27.3 Å². The van der Waals surface area contributed by atoms with Gasteiger partial charge in [0.15, 0.2) is 23.0 Å². The van der Waals surface area contributed by atoms with Gasteiger partial charge in [-0.05, 0) is 66.3 Å². The molecule has 2 heterocycles. The van der Waals surface area contributed by atoms with Crippen LogP contribution in [0.5, 0.6) is 0 Å². The van der Waals surface area contributed by atoms with Crippen molar-refractivity contribution in [3.63, 3.8) is 0 Å². The Hall–Kier alpha value is -4.44. The van der Waals surface area contributed by atoms with Gasteiger partial charge in [-0.15, -0.1) is 22.7 Å². The number of hydrogen-bond acceptors (Lipinski definition) is 5. The largest absolute Gasteiger partial charge is 0.289 e. The van der Waals surface area contributed by atoms with Gasteiger partial charge in [-0.25, -0.2) is 4.85 Å². The van der Waals surface area contributed by atoms with Crippen LogP contribution in [0.1, 0.15) is 96.5 Å². The van der Waals surface area contributed by atoms with Crippen LogP contribution >= 0.6 is 22.7 Å². The number of allylic oxidation sites excluding steroid dienone is 4. The standard InChI is InChI=1S/C37H25NO3S2/c1-20(38-2)31-23-10-4-5-11-24(23)32(39)27(31)16-21-18-29-35(42-21)36-30(37(29)14-8-3-9-15-37)19-22(43-36)17-28-33(40)25-12-6-7-13-26(25)34(28)41/h4-7,10-13,16-19H,3,8-9,14-15H2,1H3/b27-16-,31-20?. The van der Waals surface area contributed by atoms with E-state index in [1.807, 2.05) is 30.3 Å². The third-order valence-corrected chi connectivity index (χ3v) is 11.7. The second kappa shape index (κ2) is 9.54. The number of rotatable bonds is 2. The van der Waals surface area contributed by atoms with Gasteiger partial charge in [0.2, 0.25) is 0 Å². The molecule has 0 radical (unpaired) electrons. The maximum atomic E-state index is 13.5. The third-order valence-electron chi connectivity index (χ3n) is 9.41. The fourth-order valence-electron chi connectivity index (χ4n) is 7.42. The Balaban J connectivity index is 1.24. The van der Waals surface area contributed by atoms with Crippen molar-refractivity contribution in [3.05, 3.63) is 132 Å². The van der Waals surface area contributed by atoms with Crippen molar-refractivity contribution >= 4 is 57.7 Å². The Bertz CT molecular complexity index is 2050. The molecule has 208 valence electrons. The van der Waals surface area contributed by atoms with E-state index in [0.29, 0.717) is 28.0 Å². The highest BCUT2D eigenvalue weighted by Gasteiger charge is 2.46. The van der Waals surface area contributed by atoms with Crippen LogP contribution < -0.4 is 0 Å². The highest BCUT2D eigenvalue weighted by atomic mass is 32.1. The summed E-state index contributed by atoms with van der Waals surface area (Å²) in [5, 5.41) is 0. The van der Waals surface area contributed by atoms with Gasteiger partial charge in [-0.2, -0.15) is 0 Å². The van der Waals surface area contributed by atoms with Gasteiger partial charge in [0, 0.05) is 47.2 Å². The van der Waals surface area contributed by atoms with Crippen LogP contribution in [0.25, 0.3) is 32.3 Å². The Labute approximate surface area is 257 Å². The molecule has 0 N–H and O–H groups in total. The van der Waals surface area contributed by atoms with Gasteiger partial charge in [-0.1, -0.05) is 67.8 Å². The molecule has 0 unspecified atom stereocenters. The lowest BCUT2D eigenvalue weighted by atomic mass is 9.68. The molecule has 0 bridgehead atoms. The molecule has 0 atom stereocenters. The van der Waals surface area contributed by atoms with E-state index in [1.54, 1.807) is 59.9 Å². The predicted molar refractivity (Wildman–Crippen MR) is 173 cm³/mol. The molecular weight excluding hydrogens is 571 g/mol. The first kappa shape index (κ1) is 26.2. The fraction of sp³-hybridized carbons (Fsp3) is 0.189. The summed E-state index contributed by atoms with van der Waals surface area (Å²) in [6, 6.07) is 19.1. The first-order valence-corrected chi connectivity index (χ1v) is 16.2. The van der Waals surface area contributed by atoms with Gasteiger partial charge >= 0.3 is 0 Å². The van der Waals surface area contributed by atoms with E-state index >= 15 is 0 Å². The van der Waals surface area contributed by atoms with Crippen LogP contribution in [0, 0.1) is 6.57 Å². The fourth-order valence-corrected chi connectivity index (χ4v) is 9.99. The lowest BCUT2D eigenvalue weighted by Crippen LogP contribution is -2.27. The zero-order valence-electron chi connectivity index (χ0n) is 23.5. The zero-order valence-corrected chi connectivity index (χ0v) is 25.1. The molecule has 2 aromatic heterocycles. The van der Waals surface area contributed by atoms with Crippen molar-refractivity contribution < 1.29 is 14.4 Å². The molecule has 0 amide bonds. The molecule has 1 spiro atoms. The number of hydrogen-bond donors (Lipinski definition) is 0. The monoisotopic (exact) mass is 595 g/mol. The van der Waals surface area contributed by atoms with Crippen molar-refractivity contribution in [1.82, 2.24) is 0 Å². The first-order chi connectivity index (χ1) is 20.9. The summed E-state index contributed by atoms with van der Waals surface area (Å²) >= 11 is 3.35. The average molecular weight is 596 g/mol. The Morgan fingerprint density at radius 2 is 1.19 bits per heavy atom. The normalized spacial score (nSPS) is 19.9. The topological polar surface area (TPSA) is 55.6 Å². The van der Waals surface area contributed by atoms with Crippen LogP contribution in [0.4, 0.5) is 0 Å². The van der Waals surface area contributed by atoms with Crippen LogP contribution in [0.3, 0.4) is 0 Å². The van der Waals surface area contributed by atoms with E-state index in [4.69, 9.17) is 6.57 Å². The first-order valence-electron chi connectivity index (χ1n) is 14.5. The number of carbonyl (C=O) groups excluding carboxylic acids is 3. The quantitative estimate of drug-likeness (QED) is 0.132. The zero-order chi connectivity index (χ0) is 29.5. The predicted octanol–water partition coefficient (Wildman–Crippen LogP) is 9.43. The van der Waals surface area contributed by atoms with Gasteiger partial charge in [0.25, 0.3) is 0 Å². The van der Waals surface area contributed by atoms with Crippen molar-refractivity contribution in [2.75, 3.05) is 0 Å². The number of carbonyl (C=O) groups is 3. The molecule has 4 nitrogen and oxygen atoms in total. The number of thiophene rings is 2. The molecule has 0 saturated heterocycles. The molecule has 8 rings (SSSR count). The maximum absolute atomic E-state index is 13.5. The molecule has 2 aromatic carbocycles. The van der Waals surface area contributed by atoms with E-state index in [9.17, 15) is 14.4 Å². The molecule has 43 heavy (non-hydrogen) atoms. The Morgan fingerprint density at radius 1 is 0.721 bits per heavy atom. The minimum atomic E-state index is -0.201. The highest BCUT2D eigenvalue weighted by molar-refractivity contribution is 7.23. The number of nitrogens with zero attached hydrogens (tertiary/aromatic N) is 1. The lowest BCUT2D eigenvalue weighted by Gasteiger charge is -2.34. The van der Waals surface area contributed by atoms with E-state index < -0.39 is 0 Å². The highest BCUT2D eigenvalue weighted by Crippen LogP contribution is 2.61. The molecule has 6 heteroatoms. The average Bonchev–Trinajstić information content (AvgIpc) is 3.81.